The minimum absolute atomic E-state index is 0.644. The average Bonchev–Trinajstić information content (AvgIpc) is 3.73. The predicted molar refractivity (Wildman–Crippen MR) is 199 cm³/mol. The van der Waals surface area contributed by atoms with Gasteiger partial charge in [0.15, 0.2) is 17.5 Å². The van der Waals surface area contributed by atoms with Gasteiger partial charge in [-0.2, -0.15) is 0 Å². The first-order valence-electron chi connectivity index (χ1n) is 15.9. The van der Waals surface area contributed by atoms with Crippen molar-refractivity contribution in [1.82, 2.24) is 15.0 Å². The van der Waals surface area contributed by atoms with Crippen LogP contribution in [0.1, 0.15) is 0 Å². The molecule has 5 heteroatoms. The van der Waals surface area contributed by atoms with Crippen LogP contribution in [0.15, 0.2) is 156 Å². The van der Waals surface area contributed by atoms with E-state index in [0.717, 1.165) is 60.5 Å². The molecule has 0 fully saturated rings. The number of nitrogens with zero attached hydrogens (tertiary/aromatic N) is 3. The Hall–Kier alpha value is -6.17. The molecule has 0 aliphatic rings. The topological polar surface area (TPSA) is 51.8 Å². The van der Waals surface area contributed by atoms with Gasteiger partial charge >= 0.3 is 0 Å². The summed E-state index contributed by atoms with van der Waals surface area (Å²) in [4.78, 5) is 15.1. The van der Waals surface area contributed by atoms with E-state index in [1.165, 1.54) is 20.2 Å². The van der Waals surface area contributed by atoms with Crippen molar-refractivity contribution in [2.45, 2.75) is 0 Å². The van der Waals surface area contributed by atoms with Crippen LogP contribution in [-0.4, -0.2) is 15.0 Å². The highest BCUT2D eigenvalue weighted by Gasteiger charge is 2.16. The molecule has 0 amide bonds. The number of para-hydroxylation sites is 1. The molecule has 0 spiro atoms. The zero-order chi connectivity index (χ0) is 31.6. The fraction of sp³-hybridized carbons (Fsp3) is 0. The summed E-state index contributed by atoms with van der Waals surface area (Å²) in [6, 6.07) is 52.8. The Balaban J connectivity index is 1.13. The van der Waals surface area contributed by atoms with Gasteiger partial charge in [-0.25, -0.2) is 15.0 Å². The third kappa shape index (κ3) is 4.40. The van der Waals surface area contributed by atoms with Crippen molar-refractivity contribution in [2.75, 3.05) is 0 Å². The van der Waals surface area contributed by atoms with Crippen LogP contribution in [0.2, 0.25) is 0 Å². The van der Waals surface area contributed by atoms with E-state index in [4.69, 9.17) is 19.4 Å². The number of thiophene rings is 1. The van der Waals surface area contributed by atoms with E-state index in [0.29, 0.717) is 17.5 Å². The zero-order valence-corrected chi connectivity index (χ0v) is 26.4. The molecular weight excluding hydrogens is 607 g/mol. The Labute approximate surface area is 279 Å². The molecule has 3 aromatic heterocycles. The van der Waals surface area contributed by atoms with Gasteiger partial charge in [-0.15, -0.1) is 11.3 Å². The van der Waals surface area contributed by atoms with Gasteiger partial charge in [0.2, 0.25) is 0 Å². The maximum Gasteiger partial charge on any atom is 0.164 e. The van der Waals surface area contributed by atoms with Gasteiger partial charge in [0, 0.05) is 47.6 Å². The highest BCUT2D eigenvalue weighted by atomic mass is 32.1. The molecule has 10 rings (SSSR count). The van der Waals surface area contributed by atoms with Crippen LogP contribution in [0.4, 0.5) is 0 Å². The average molecular weight is 632 g/mol. The summed E-state index contributed by atoms with van der Waals surface area (Å²) in [5, 5.41) is 7.05. The molecule has 0 atom stereocenters. The lowest BCUT2D eigenvalue weighted by molar-refractivity contribution is 0.669. The van der Waals surface area contributed by atoms with Crippen molar-refractivity contribution in [1.29, 1.82) is 0 Å². The molecule has 224 valence electrons. The maximum atomic E-state index is 6.19. The summed E-state index contributed by atoms with van der Waals surface area (Å²) in [5.74, 6) is 1.95. The molecule has 0 aliphatic heterocycles. The maximum absolute atomic E-state index is 6.19. The molecule has 4 nitrogen and oxygen atoms in total. The molecule has 0 radical (unpaired) electrons. The summed E-state index contributed by atoms with van der Waals surface area (Å²) in [5.41, 5.74) is 6.93. The fourth-order valence-electron chi connectivity index (χ4n) is 6.78. The van der Waals surface area contributed by atoms with E-state index in [9.17, 15) is 0 Å². The Bertz CT molecular complexity index is 2850. The van der Waals surface area contributed by atoms with Gasteiger partial charge in [-0.3, -0.25) is 0 Å². The quantitative estimate of drug-likeness (QED) is 0.194. The van der Waals surface area contributed by atoms with Crippen molar-refractivity contribution in [2.24, 2.45) is 0 Å². The molecule has 0 saturated carbocycles. The first-order chi connectivity index (χ1) is 23.7. The standard InChI is InChI=1S/C43H25N3OS/c1-2-9-27(10-3-1)41-44-42(46-43(45-41)30-21-22-34-33-11-5-7-16-38(33)48-39(34)25-30)29-20-18-26-17-19-28(23-31(26)24-29)32-13-8-15-37-40(32)35-12-4-6-14-36(35)47-37/h1-25H. The number of furan rings is 1. The molecular formula is C43H25N3OS. The van der Waals surface area contributed by atoms with Crippen molar-refractivity contribution in [3.05, 3.63) is 152 Å². The fourth-order valence-corrected chi connectivity index (χ4v) is 7.93. The van der Waals surface area contributed by atoms with Gasteiger partial charge in [0.05, 0.1) is 0 Å². The molecule has 0 saturated heterocycles. The van der Waals surface area contributed by atoms with Crippen molar-refractivity contribution < 1.29 is 4.42 Å². The third-order valence-corrected chi connectivity index (χ3v) is 10.2. The lowest BCUT2D eigenvalue weighted by Crippen LogP contribution is -2.00. The lowest BCUT2D eigenvalue weighted by Gasteiger charge is -2.10. The smallest absolute Gasteiger partial charge is 0.164 e. The Morgan fingerprint density at radius 2 is 1.02 bits per heavy atom. The van der Waals surface area contributed by atoms with Gasteiger partial charge < -0.3 is 4.42 Å². The van der Waals surface area contributed by atoms with Crippen LogP contribution in [0.25, 0.3) is 98.2 Å². The molecule has 48 heavy (non-hydrogen) atoms. The lowest BCUT2D eigenvalue weighted by atomic mass is 9.96. The van der Waals surface area contributed by atoms with Crippen LogP contribution in [0, 0.1) is 0 Å². The Kier molecular flexibility index (Phi) is 6.01. The minimum Gasteiger partial charge on any atom is -0.456 e. The van der Waals surface area contributed by atoms with Crippen LogP contribution in [-0.2, 0) is 0 Å². The third-order valence-electron chi connectivity index (χ3n) is 9.12. The highest BCUT2D eigenvalue weighted by molar-refractivity contribution is 7.25. The predicted octanol–water partition coefficient (Wildman–Crippen LogP) is 12.0. The molecule has 0 unspecified atom stereocenters. The number of hydrogen-bond donors (Lipinski definition) is 0. The first kappa shape index (κ1) is 27.0. The second-order valence-electron chi connectivity index (χ2n) is 12.0. The van der Waals surface area contributed by atoms with E-state index in [1.54, 1.807) is 11.3 Å². The number of rotatable bonds is 4. The van der Waals surface area contributed by atoms with Gasteiger partial charge in [0.25, 0.3) is 0 Å². The number of hydrogen-bond acceptors (Lipinski definition) is 5. The molecule has 0 bridgehead atoms. The summed E-state index contributed by atoms with van der Waals surface area (Å²) >= 11 is 1.80. The molecule has 0 N–H and O–H groups in total. The van der Waals surface area contributed by atoms with Crippen LogP contribution in [0.5, 0.6) is 0 Å². The van der Waals surface area contributed by atoms with E-state index in [1.807, 2.05) is 48.5 Å². The van der Waals surface area contributed by atoms with Crippen molar-refractivity contribution in [3.8, 4) is 45.3 Å². The number of fused-ring (bicyclic) bond motifs is 7. The summed E-state index contributed by atoms with van der Waals surface area (Å²) < 4.78 is 8.69. The molecule has 0 aliphatic carbocycles. The highest BCUT2D eigenvalue weighted by Crippen LogP contribution is 2.39. The molecule has 10 aromatic rings. The van der Waals surface area contributed by atoms with Gasteiger partial charge in [-0.1, -0.05) is 115 Å². The van der Waals surface area contributed by atoms with Gasteiger partial charge in [0.1, 0.15) is 11.2 Å². The van der Waals surface area contributed by atoms with Gasteiger partial charge in [-0.05, 0) is 58.3 Å². The number of aromatic nitrogens is 3. The van der Waals surface area contributed by atoms with E-state index < -0.39 is 0 Å². The summed E-state index contributed by atoms with van der Waals surface area (Å²) in [6.45, 7) is 0. The SMILES string of the molecule is c1ccc(-c2nc(-c3ccc4ccc(-c5cccc6oc7ccccc7c56)cc4c3)nc(-c3ccc4c(c3)sc3ccccc34)n2)cc1. The Morgan fingerprint density at radius 1 is 0.396 bits per heavy atom. The van der Waals surface area contributed by atoms with Crippen LogP contribution in [0.3, 0.4) is 0 Å². The second-order valence-corrected chi connectivity index (χ2v) is 13.1. The normalized spacial score (nSPS) is 11.8. The number of benzene rings is 7. The second kappa shape index (κ2) is 10.7. The minimum atomic E-state index is 0.644. The van der Waals surface area contributed by atoms with E-state index >= 15 is 0 Å². The van der Waals surface area contributed by atoms with E-state index in [2.05, 4.69) is 103 Å². The zero-order valence-electron chi connectivity index (χ0n) is 25.6. The van der Waals surface area contributed by atoms with E-state index in [-0.39, 0.29) is 0 Å². The monoisotopic (exact) mass is 631 g/mol. The summed E-state index contributed by atoms with van der Waals surface area (Å²) in [7, 11) is 0. The Morgan fingerprint density at radius 3 is 1.88 bits per heavy atom. The summed E-state index contributed by atoms with van der Waals surface area (Å²) in [6.07, 6.45) is 0. The first-order valence-corrected chi connectivity index (χ1v) is 16.7. The largest absolute Gasteiger partial charge is 0.456 e. The van der Waals surface area contributed by atoms with Crippen LogP contribution >= 0.6 is 11.3 Å². The van der Waals surface area contributed by atoms with Crippen molar-refractivity contribution in [3.63, 3.8) is 0 Å². The molecule has 7 aromatic carbocycles. The van der Waals surface area contributed by atoms with Crippen molar-refractivity contribution >= 4 is 64.2 Å². The molecule has 3 heterocycles. The van der Waals surface area contributed by atoms with Crippen LogP contribution < -0.4 is 0 Å².